The number of nitrogens with zero attached hydrogens (tertiary/aromatic N) is 2. The molecule has 20 heavy (non-hydrogen) atoms. The van der Waals surface area contributed by atoms with Crippen molar-refractivity contribution in [2.24, 2.45) is 0 Å². The summed E-state index contributed by atoms with van der Waals surface area (Å²) in [7, 11) is 1.66. The fraction of sp³-hybridized carbons (Fsp3) is 0.333. The Balaban J connectivity index is 2.37. The van der Waals surface area contributed by atoms with Gasteiger partial charge in [0.1, 0.15) is 22.5 Å². The maximum absolute atomic E-state index is 6.14. The summed E-state index contributed by atoms with van der Waals surface area (Å²) in [6, 6.07) is 5.85. The van der Waals surface area contributed by atoms with Crippen LogP contribution in [0.5, 0.6) is 5.75 Å². The molecule has 2 aromatic rings. The van der Waals surface area contributed by atoms with Crippen LogP contribution in [-0.4, -0.2) is 17.1 Å². The predicted molar refractivity (Wildman–Crippen MR) is 82.2 cm³/mol. The minimum atomic E-state index is 0.491. The van der Waals surface area contributed by atoms with Crippen molar-refractivity contribution in [2.45, 2.75) is 27.2 Å². The van der Waals surface area contributed by atoms with Crippen molar-refractivity contribution < 1.29 is 4.74 Å². The molecule has 1 aromatic carbocycles. The first-order chi connectivity index (χ1) is 9.55. The molecule has 0 radical (unpaired) electrons. The fourth-order valence-electron chi connectivity index (χ4n) is 1.84. The Morgan fingerprint density at radius 3 is 2.60 bits per heavy atom. The third-order valence-corrected chi connectivity index (χ3v) is 3.50. The van der Waals surface area contributed by atoms with Crippen LogP contribution in [0, 0.1) is 13.8 Å². The van der Waals surface area contributed by atoms with Crippen LogP contribution in [0.4, 0.5) is 11.5 Å². The van der Waals surface area contributed by atoms with Gasteiger partial charge in [-0.2, -0.15) is 0 Å². The zero-order valence-electron chi connectivity index (χ0n) is 12.1. The van der Waals surface area contributed by atoms with Gasteiger partial charge >= 0.3 is 0 Å². The molecule has 1 N–H and O–H groups in total. The first-order valence-electron chi connectivity index (χ1n) is 6.49. The van der Waals surface area contributed by atoms with E-state index >= 15 is 0 Å². The molecule has 0 saturated carbocycles. The Kier molecular flexibility index (Phi) is 4.45. The summed E-state index contributed by atoms with van der Waals surface area (Å²) in [5.41, 5.74) is 2.90. The van der Waals surface area contributed by atoms with E-state index in [-0.39, 0.29) is 0 Å². The van der Waals surface area contributed by atoms with Gasteiger partial charge in [0, 0.05) is 17.7 Å². The van der Waals surface area contributed by atoms with Crippen molar-refractivity contribution in [2.75, 3.05) is 12.4 Å². The SMILES string of the molecule is CCc1nc(Cl)c(C)c(Nc2ccc(OC)cc2C)n1. The van der Waals surface area contributed by atoms with Crippen LogP contribution in [-0.2, 0) is 6.42 Å². The zero-order valence-corrected chi connectivity index (χ0v) is 12.9. The van der Waals surface area contributed by atoms with Crippen LogP contribution in [0.15, 0.2) is 18.2 Å². The van der Waals surface area contributed by atoms with Crippen LogP contribution < -0.4 is 10.1 Å². The van der Waals surface area contributed by atoms with Gasteiger partial charge in [-0.1, -0.05) is 18.5 Å². The van der Waals surface area contributed by atoms with Crippen LogP contribution >= 0.6 is 11.6 Å². The van der Waals surface area contributed by atoms with Crippen molar-refractivity contribution in [3.05, 3.63) is 40.3 Å². The third kappa shape index (κ3) is 3.02. The van der Waals surface area contributed by atoms with E-state index < -0.39 is 0 Å². The van der Waals surface area contributed by atoms with Crippen LogP contribution in [0.25, 0.3) is 0 Å². The monoisotopic (exact) mass is 291 g/mol. The van der Waals surface area contributed by atoms with Crippen LogP contribution in [0.1, 0.15) is 23.9 Å². The molecule has 0 atom stereocenters. The average Bonchev–Trinajstić information content (AvgIpc) is 2.45. The number of hydrogen-bond donors (Lipinski definition) is 1. The van der Waals surface area contributed by atoms with Gasteiger partial charge in [-0.3, -0.25) is 0 Å². The minimum Gasteiger partial charge on any atom is -0.497 e. The molecule has 1 heterocycles. The number of ether oxygens (including phenoxy) is 1. The Morgan fingerprint density at radius 2 is 2.00 bits per heavy atom. The van der Waals surface area contributed by atoms with E-state index in [2.05, 4.69) is 15.3 Å². The fourth-order valence-corrected chi connectivity index (χ4v) is 2.03. The molecule has 0 bridgehead atoms. The van der Waals surface area contributed by atoms with Gasteiger partial charge in [-0.15, -0.1) is 0 Å². The number of anilines is 2. The number of aromatic nitrogens is 2. The summed E-state index contributed by atoms with van der Waals surface area (Å²) in [6.45, 7) is 5.93. The summed E-state index contributed by atoms with van der Waals surface area (Å²) in [6.07, 6.45) is 0.746. The first-order valence-corrected chi connectivity index (χ1v) is 6.87. The van der Waals surface area contributed by atoms with Crippen molar-refractivity contribution in [1.82, 2.24) is 9.97 Å². The van der Waals surface area contributed by atoms with E-state index in [4.69, 9.17) is 16.3 Å². The molecule has 0 unspecified atom stereocenters. The molecule has 0 aliphatic carbocycles. The number of hydrogen-bond acceptors (Lipinski definition) is 4. The van der Waals surface area contributed by atoms with Crippen molar-refractivity contribution in [3.63, 3.8) is 0 Å². The summed E-state index contributed by atoms with van der Waals surface area (Å²) in [4.78, 5) is 8.73. The van der Waals surface area contributed by atoms with Crippen LogP contribution in [0.3, 0.4) is 0 Å². The summed E-state index contributed by atoms with van der Waals surface area (Å²) in [5.74, 6) is 2.31. The van der Waals surface area contributed by atoms with Crippen molar-refractivity contribution >= 4 is 23.1 Å². The smallest absolute Gasteiger partial charge is 0.138 e. The first kappa shape index (κ1) is 14.6. The molecule has 0 amide bonds. The minimum absolute atomic E-state index is 0.491. The second-order valence-electron chi connectivity index (χ2n) is 4.56. The second-order valence-corrected chi connectivity index (χ2v) is 4.92. The summed E-state index contributed by atoms with van der Waals surface area (Å²) < 4.78 is 5.21. The highest BCUT2D eigenvalue weighted by molar-refractivity contribution is 6.30. The van der Waals surface area contributed by atoms with E-state index in [1.54, 1.807) is 7.11 Å². The maximum Gasteiger partial charge on any atom is 0.138 e. The lowest BCUT2D eigenvalue weighted by Gasteiger charge is -2.13. The highest BCUT2D eigenvalue weighted by Crippen LogP contribution is 2.27. The lowest BCUT2D eigenvalue weighted by Crippen LogP contribution is -2.04. The summed E-state index contributed by atoms with van der Waals surface area (Å²) >= 11 is 6.14. The molecular weight excluding hydrogens is 274 g/mol. The highest BCUT2D eigenvalue weighted by atomic mass is 35.5. The van der Waals surface area contributed by atoms with Gasteiger partial charge in [0.2, 0.25) is 0 Å². The van der Waals surface area contributed by atoms with Gasteiger partial charge in [-0.25, -0.2) is 9.97 Å². The molecule has 2 rings (SSSR count). The molecule has 1 aromatic heterocycles. The Morgan fingerprint density at radius 1 is 1.25 bits per heavy atom. The predicted octanol–water partition coefficient (Wildman–Crippen LogP) is 4.06. The largest absolute Gasteiger partial charge is 0.497 e. The number of nitrogens with one attached hydrogen (secondary N) is 1. The molecule has 106 valence electrons. The van der Waals surface area contributed by atoms with Crippen molar-refractivity contribution in [1.29, 1.82) is 0 Å². The second kappa shape index (κ2) is 6.09. The van der Waals surface area contributed by atoms with Crippen LogP contribution in [0.2, 0.25) is 5.15 Å². The number of methoxy groups -OCH3 is 1. The third-order valence-electron chi connectivity index (χ3n) is 3.14. The van der Waals surface area contributed by atoms with Gasteiger partial charge in [0.15, 0.2) is 0 Å². The topological polar surface area (TPSA) is 47.0 Å². The zero-order chi connectivity index (χ0) is 14.7. The number of halogens is 1. The number of rotatable bonds is 4. The highest BCUT2D eigenvalue weighted by Gasteiger charge is 2.10. The Bertz CT molecular complexity index is 629. The van der Waals surface area contributed by atoms with E-state index in [9.17, 15) is 0 Å². The van der Waals surface area contributed by atoms with Gasteiger partial charge in [0.05, 0.1) is 7.11 Å². The number of aryl methyl sites for hydroxylation is 2. The normalized spacial score (nSPS) is 10.4. The summed E-state index contributed by atoms with van der Waals surface area (Å²) in [5, 5.41) is 3.81. The molecule has 0 spiro atoms. The van der Waals surface area contributed by atoms with Gasteiger partial charge in [-0.05, 0) is 37.6 Å². The van der Waals surface area contributed by atoms with E-state index in [0.717, 1.165) is 40.6 Å². The van der Waals surface area contributed by atoms with E-state index in [1.165, 1.54) is 0 Å². The lowest BCUT2D eigenvalue weighted by molar-refractivity contribution is 0.414. The van der Waals surface area contributed by atoms with Gasteiger partial charge < -0.3 is 10.1 Å². The van der Waals surface area contributed by atoms with Gasteiger partial charge in [0.25, 0.3) is 0 Å². The maximum atomic E-state index is 6.14. The van der Waals surface area contributed by atoms with E-state index in [1.807, 2.05) is 39.0 Å². The van der Waals surface area contributed by atoms with Crippen molar-refractivity contribution in [3.8, 4) is 5.75 Å². The molecule has 0 aliphatic rings. The standard InChI is InChI=1S/C15H18ClN3O/c1-5-13-18-14(16)10(3)15(19-13)17-12-7-6-11(20-4)8-9(12)2/h6-8H,5H2,1-4H3,(H,17,18,19). The molecule has 5 heteroatoms. The quantitative estimate of drug-likeness (QED) is 0.863. The average molecular weight is 292 g/mol. The molecular formula is C15H18ClN3O. The Labute approximate surface area is 124 Å². The Hall–Kier alpha value is -1.81. The number of benzene rings is 1. The molecule has 4 nitrogen and oxygen atoms in total. The molecule has 0 aliphatic heterocycles. The van der Waals surface area contributed by atoms with E-state index in [0.29, 0.717) is 5.15 Å². The molecule has 0 fully saturated rings. The lowest BCUT2D eigenvalue weighted by atomic mass is 10.2. The molecule has 0 saturated heterocycles.